The lowest BCUT2D eigenvalue weighted by Crippen LogP contribution is -2.52. The van der Waals surface area contributed by atoms with Crippen molar-refractivity contribution in [2.75, 3.05) is 13.1 Å². The van der Waals surface area contributed by atoms with Crippen LogP contribution in [0.3, 0.4) is 0 Å². The first-order chi connectivity index (χ1) is 66.9. The smallest absolute Gasteiger partial charge is 0.335 e. The van der Waals surface area contributed by atoms with E-state index >= 15 is 0 Å². The molecule has 9 aromatic rings. The summed E-state index contributed by atoms with van der Waals surface area (Å²) in [5.41, 5.74) is 9.71. The Labute approximate surface area is 825 Å². The van der Waals surface area contributed by atoms with Gasteiger partial charge in [0.25, 0.3) is 29.5 Å². The number of aliphatic imine (C=N–C) groups is 3. The minimum Gasteiger partial charge on any atom is -0.489 e. The Morgan fingerprint density at radius 2 is 0.614 bits per heavy atom. The van der Waals surface area contributed by atoms with E-state index in [-0.39, 0.29) is 101 Å². The summed E-state index contributed by atoms with van der Waals surface area (Å²) in [5, 5.41) is 23.9. The molecule has 3 aliphatic heterocycles. The van der Waals surface area contributed by atoms with Crippen LogP contribution in [0.4, 0.5) is 0 Å². The number of hydrogen-bond acceptors (Lipinski definition) is 15. The van der Waals surface area contributed by atoms with Gasteiger partial charge in [-0.05, 0) is 331 Å². The molecule has 140 heavy (non-hydrogen) atoms. The predicted molar refractivity (Wildman–Crippen MR) is 544 cm³/mol. The molecule has 3 spiro atoms. The number of carboxylic acid groups (broad SMARTS) is 2. The summed E-state index contributed by atoms with van der Waals surface area (Å²) in [4.78, 5) is 126. The fourth-order valence-electron chi connectivity index (χ4n) is 21.6. The standard InChI is InChI=1S/C43H53N3O5.C39H45N3O5.C36H40N2O4/c1-41(2,3)34-22-25-43(26-23-34)45-37(30-18-20-35(21-19-30)50-28-29-10-8-7-9-11-29)40(49)46(43)38(31-12-13-31)32-14-16-33(17-15-32)39(48)44-27-24-36(47)51-42(4,5)6;1-38(2,3)31-19-22-39(23-20-31)41-34(27-15-17-32(18-16-27)47-25-26-7-5-4-6-8-26)37(46)42(39)35(28-9-10-28)29-11-13-30(14-12-29)36(45)40-24-21-33(43)44;1-35(2,3)29-19-21-36(22-20-29)37-31(25-15-17-30(18-16-25)42-23-24-7-5-4-6-8-24)33(39)38(36)32(26-9-10-26)27-11-13-28(14-12-27)34(40)41/h7-11,14-21,31,34,38H,12-13,22-28H2,1-6H3,(H,44,48);4-8,11-18,28,31,35H,9-10,19-25H2,1-3H3,(H,40,45)(H,43,44);4-8,11-18,26,29,32H,9-10,19-23H2,1-3H3,(H,40,41)/t34?,38-,43?;31?,35-,39?;29?,32-,36?/m111/s1. The van der Waals surface area contributed by atoms with Crippen LogP contribution in [0.15, 0.2) is 252 Å². The molecule has 0 radical (unpaired) electrons. The summed E-state index contributed by atoms with van der Waals surface area (Å²) in [7, 11) is 0. The highest BCUT2D eigenvalue weighted by Crippen LogP contribution is 2.59. The van der Waals surface area contributed by atoms with Gasteiger partial charge in [0.2, 0.25) is 0 Å². The normalized spacial score (nSPS) is 22.0. The van der Waals surface area contributed by atoms with E-state index in [1.165, 1.54) is 0 Å². The van der Waals surface area contributed by atoms with Gasteiger partial charge in [0.15, 0.2) is 0 Å². The fraction of sp³-hybridized carbons (Fsp3) is 0.449. The summed E-state index contributed by atoms with van der Waals surface area (Å²) in [6.07, 6.45) is 17.3. The van der Waals surface area contributed by atoms with E-state index < -0.39 is 34.5 Å². The monoisotopic (exact) mass is 1890 g/mol. The van der Waals surface area contributed by atoms with Gasteiger partial charge < -0.3 is 54.5 Å². The van der Waals surface area contributed by atoms with Crippen LogP contribution in [-0.4, -0.2) is 125 Å². The minimum atomic E-state index is -0.956. The van der Waals surface area contributed by atoms with Gasteiger partial charge in [-0.1, -0.05) is 190 Å². The molecule has 3 heterocycles. The van der Waals surface area contributed by atoms with Crippen molar-refractivity contribution in [3.63, 3.8) is 0 Å². The number of hydrogen-bond donors (Lipinski definition) is 4. The number of carbonyl (C=O) groups is 8. The Balaban J connectivity index is 0.000000152. The Morgan fingerprint density at radius 3 is 0.857 bits per heavy atom. The second-order valence-electron chi connectivity index (χ2n) is 44.2. The van der Waals surface area contributed by atoms with Crippen LogP contribution < -0.4 is 24.8 Å². The molecule has 4 N–H and O–H groups in total. The van der Waals surface area contributed by atoms with Gasteiger partial charge >= 0.3 is 17.9 Å². The van der Waals surface area contributed by atoms with E-state index in [1.807, 2.05) is 233 Å². The van der Waals surface area contributed by atoms with Crippen molar-refractivity contribution in [2.45, 2.75) is 272 Å². The lowest BCUT2D eigenvalue weighted by Gasteiger charge is -2.47. The van der Waals surface area contributed by atoms with E-state index in [9.17, 15) is 43.5 Å². The molecule has 9 aliphatic rings. The molecule has 5 amide bonds. The number of aromatic carboxylic acids is 1. The van der Waals surface area contributed by atoms with Crippen LogP contribution in [0.25, 0.3) is 0 Å². The van der Waals surface area contributed by atoms with Crippen molar-refractivity contribution in [3.8, 4) is 17.2 Å². The molecule has 0 saturated heterocycles. The molecule has 0 aromatic heterocycles. The van der Waals surface area contributed by atoms with Crippen molar-refractivity contribution in [1.29, 1.82) is 0 Å². The van der Waals surface area contributed by atoms with Crippen molar-refractivity contribution < 1.29 is 67.5 Å². The summed E-state index contributed by atoms with van der Waals surface area (Å²) in [5.74, 6) is 2.06. The molecule has 18 rings (SSSR count). The average molecular weight is 1890 g/mol. The SMILES string of the molecule is CC(C)(C)C1CCC2(CC1)N=C(c1ccc(OCc3ccccc3)cc1)C(=O)N2[C@@H](c1ccc(C(=O)NCCC(=O)O)cc1)C1CC1.CC(C)(C)C1CCC2(CC1)N=C(c1ccc(OCc3ccccc3)cc1)C(=O)N2[C@@H](c1ccc(C(=O)O)cc1)C1CC1.CC(C)(C)OC(=O)CCNC(=O)c1ccc([C@@H](C2CC2)N2C(=O)C(c3ccc(OCc4ccccc4)cc3)=NC23CCC(C(C)(C)C)CC3)cc1. The van der Waals surface area contributed by atoms with E-state index in [0.717, 1.165) is 183 Å². The zero-order valence-corrected chi connectivity index (χ0v) is 83.4. The zero-order chi connectivity index (χ0) is 99.1. The highest BCUT2D eigenvalue weighted by molar-refractivity contribution is 6.48. The number of carbonyl (C=O) groups excluding carboxylic acids is 6. The zero-order valence-electron chi connectivity index (χ0n) is 83.4. The first-order valence-corrected chi connectivity index (χ1v) is 50.6. The van der Waals surface area contributed by atoms with Gasteiger partial charge in [-0.3, -0.25) is 48.5 Å². The molecule has 0 bridgehead atoms. The molecule has 0 unspecified atom stereocenters. The predicted octanol–water partition coefficient (Wildman–Crippen LogP) is 23.3. The van der Waals surface area contributed by atoms with Crippen LogP contribution in [0.1, 0.15) is 311 Å². The fourth-order valence-corrected chi connectivity index (χ4v) is 21.6. The van der Waals surface area contributed by atoms with E-state index in [2.05, 4.69) is 87.6 Å². The maximum absolute atomic E-state index is 14.7. The largest absolute Gasteiger partial charge is 0.489 e. The number of benzene rings is 9. The molecular formula is C118H138N8O14. The molecule has 6 aliphatic carbocycles. The number of ether oxygens (including phenoxy) is 4. The number of rotatable bonds is 30. The highest BCUT2D eigenvalue weighted by Gasteiger charge is 2.59. The maximum atomic E-state index is 14.7. The van der Waals surface area contributed by atoms with E-state index in [1.54, 1.807) is 24.3 Å². The van der Waals surface area contributed by atoms with Crippen LogP contribution in [0, 0.1) is 51.8 Å². The minimum absolute atomic E-state index is 0.0250. The third-order valence-corrected chi connectivity index (χ3v) is 30.0. The van der Waals surface area contributed by atoms with Crippen molar-refractivity contribution in [3.05, 3.63) is 303 Å². The third-order valence-electron chi connectivity index (χ3n) is 30.0. The average Bonchev–Trinajstić information content (AvgIpc) is 1.57. The number of aliphatic carboxylic acids is 1. The molecule has 22 nitrogen and oxygen atoms in total. The Bertz CT molecular complexity index is 5960. The summed E-state index contributed by atoms with van der Waals surface area (Å²) in [6, 6.07) is 75.2. The van der Waals surface area contributed by atoms with Gasteiger partial charge in [0, 0.05) is 40.9 Å². The van der Waals surface area contributed by atoms with Gasteiger partial charge in [-0.25, -0.2) is 4.79 Å². The molecule has 9 aromatic carbocycles. The molecule has 22 heteroatoms. The molecule has 734 valence electrons. The maximum Gasteiger partial charge on any atom is 0.335 e. The highest BCUT2D eigenvalue weighted by atomic mass is 16.6. The number of nitrogens with one attached hydrogen (secondary N) is 2. The molecule has 6 saturated carbocycles. The number of esters is 1. The first-order valence-electron chi connectivity index (χ1n) is 50.6. The number of nitrogens with zero attached hydrogens (tertiary/aromatic N) is 6. The van der Waals surface area contributed by atoms with Crippen molar-refractivity contribution in [1.82, 2.24) is 25.3 Å². The van der Waals surface area contributed by atoms with Gasteiger partial charge in [0.05, 0.1) is 36.5 Å². The van der Waals surface area contributed by atoms with Gasteiger partial charge in [-0.2, -0.15) is 0 Å². The Morgan fingerprint density at radius 1 is 0.350 bits per heavy atom. The summed E-state index contributed by atoms with van der Waals surface area (Å²) >= 11 is 0. The molecular weight excluding hydrogens is 1750 g/mol. The van der Waals surface area contributed by atoms with Gasteiger partial charge in [-0.15, -0.1) is 0 Å². The van der Waals surface area contributed by atoms with Crippen molar-refractivity contribution in [2.24, 2.45) is 66.7 Å². The van der Waals surface area contributed by atoms with Crippen LogP contribution in [0.2, 0.25) is 0 Å². The molecule has 3 atom stereocenters. The summed E-state index contributed by atoms with van der Waals surface area (Å²) < 4.78 is 23.4. The van der Waals surface area contributed by atoms with Crippen LogP contribution in [0.5, 0.6) is 17.2 Å². The summed E-state index contributed by atoms with van der Waals surface area (Å²) in [6.45, 7) is 27.9. The number of carboxylic acids is 2. The van der Waals surface area contributed by atoms with Crippen LogP contribution >= 0.6 is 0 Å². The van der Waals surface area contributed by atoms with Crippen molar-refractivity contribution >= 4 is 64.6 Å². The van der Waals surface area contributed by atoms with E-state index in [4.69, 9.17) is 39.0 Å². The second-order valence-corrected chi connectivity index (χ2v) is 44.2. The number of amides is 5. The van der Waals surface area contributed by atoms with Crippen LogP contribution in [-0.2, 0) is 48.5 Å². The Hall–Kier alpha value is -12.9. The second kappa shape index (κ2) is 42.3. The lowest BCUT2D eigenvalue weighted by atomic mass is 9.69. The quantitative estimate of drug-likeness (QED) is 0.0305. The lowest BCUT2D eigenvalue weighted by molar-refractivity contribution is -0.154. The Kier molecular flexibility index (Phi) is 30.2. The van der Waals surface area contributed by atoms with Gasteiger partial charge in [0.1, 0.15) is 76.8 Å². The third kappa shape index (κ3) is 24.1. The first kappa shape index (κ1) is 100. The van der Waals surface area contributed by atoms with E-state index in [0.29, 0.717) is 83.6 Å². The molecule has 6 fully saturated rings. The topological polar surface area (TPSA) is 285 Å².